The first-order valence-electron chi connectivity index (χ1n) is 4.21. The molecule has 72 valence electrons. The van der Waals surface area contributed by atoms with Crippen molar-refractivity contribution in [2.24, 2.45) is 0 Å². The number of hydrogen-bond acceptors (Lipinski definition) is 4. The van der Waals surface area contributed by atoms with E-state index >= 15 is 0 Å². The second-order valence-corrected chi connectivity index (χ2v) is 4.06. The van der Waals surface area contributed by atoms with E-state index in [1.807, 2.05) is 26.0 Å². The monoisotopic (exact) mass is 220 g/mol. The first-order chi connectivity index (χ1) is 6.58. The molecule has 4 heteroatoms. The Morgan fingerprint density at radius 2 is 1.21 bits per heavy atom. The summed E-state index contributed by atoms with van der Waals surface area (Å²) in [5.41, 5.74) is 3.52. The summed E-state index contributed by atoms with van der Waals surface area (Å²) in [6.07, 6.45) is 0. The summed E-state index contributed by atoms with van der Waals surface area (Å²) in [5.74, 6) is 0. The molecule has 0 bridgehead atoms. The Hall–Kier alpha value is -1.00. The maximum Gasteiger partial charge on any atom is 0.0874 e. The van der Waals surface area contributed by atoms with Crippen LogP contribution in [0.3, 0.4) is 0 Å². The average Bonchev–Trinajstić information content (AvgIpc) is 2.11. The zero-order valence-electron chi connectivity index (χ0n) is 7.87. The van der Waals surface area contributed by atoms with Crippen LogP contribution in [0.4, 0.5) is 0 Å². The smallest absolute Gasteiger partial charge is 0.0874 e. The van der Waals surface area contributed by atoms with Crippen molar-refractivity contribution < 1.29 is 0 Å². The number of aryl methyl sites for hydroxylation is 2. The zero-order valence-corrected chi connectivity index (χ0v) is 9.50. The van der Waals surface area contributed by atoms with Crippen LogP contribution in [0.15, 0.2) is 21.9 Å². The van der Waals surface area contributed by atoms with Gasteiger partial charge < -0.3 is 25.3 Å². The highest BCUT2D eigenvalue weighted by Crippen LogP contribution is 2.17. The summed E-state index contributed by atoms with van der Waals surface area (Å²) in [5, 5.41) is 0. The SMILES string of the molecule is Cc1nc2cc([S-])c([S-])cc2nc1C. The zero-order chi connectivity index (χ0) is 10.3. The van der Waals surface area contributed by atoms with E-state index in [0.29, 0.717) is 9.79 Å². The van der Waals surface area contributed by atoms with Gasteiger partial charge in [-0.15, -0.1) is 0 Å². The summed E-state index contributed by atoms with van der Waals surface area (Å²) < 4.78 is 0. The fourth-order valence-electron chi connectivity index (χ4n) is 1.24. The molecule has 2 rings (SSSR count). The molecule has 0 aliphatic carbocycles. The van der Waals surface area contributed by atoms with E-state index in [9.17, 15) is 0 Å². The molecule has 0 unspecified atom stereocenters. The molecule has 0 aliphatic heterocycles. The van der Waals surface area contributed by atoms with Crippen LogP contribution in [-0.4, -0.2) is 9.97 Å². The van der Waals surface area contributed by atoms with Gasteiger partial charge in [-0.3, -0.25) is 0 Å². The van der Waals surface area contributed by atoms with Gasteiger partial charge in [-0.1, -0.05) is 12.1 Å². The van der Waals surface area contributed by atoms with E-state index in [4.69, 9.17) is 25.3 Å². The largest absolute Gasteiger partial charge is 0.781 e. The Labute approximate surface area is 93.6 Å². The minimum absolute atomic E-state index is 0.671. The lowest BCUT2D eigenvalue weighted by Crippen LogP contribution is -1.94. The summed E-state index contributed by atoms with van der Waals surface area (Å²) >= 11 is 10.2. The van der Waals surface area contributed by atoms with Crippen molar-refractivity contribution in [1.82, 2.24) is 9.97 Å². The lowest BCUT2D eigenvalue weighted by atomic mass is 10.2. The molecule has 0 radical (unpaired) electrons. The third-order valence-corrected chi connectivity index (χ3v) is 2.95. The van der Waals surface area contributed by atoms with Gasteiger partial charge in [-0.05, 0) is 13.8 Å². The quantitative estimate of drug-likeness (QED) is 0.635. The van der Waals surface area contributed by atoms with Gasteiger partial charge in [0.2, 0.25) is 0 Å². The van der Waals surface area contributed by atoms with E-state index in [2.05, 4.69) is 9.97 Å². The fourth-order valence-corrected chi connectivity index (χ4v) is 1.58. The Bertz CT molecular complexity index is 420. The van der Waals surface area contributed by atoms with E-state index < -0.39 is 0 Å². The van der Waals surface area contributed by atoms with Gasteiger partial charge in [-0.2, -0.15) is 9.79 Å². The van der Waals surface area contributed by atoms with Crippen molar-refractivity contribution in [3.63, 3.8) is 0 Å². The molecule has 0 aliphatic rings. The predicted octanol–water partition coefficient (Wildman–Crippen LogP) is 2.06. The van der Waals surface area contributed by atoms with Crippen LogP contribution < -0.4 is 0 Å². The normalized spacial score (nSPS) is 10.7. The number of aromatic nitrogens is 2. The molecule has 1 heterocycles. The van der Waals surface area contributed by atoms with Crippen LogP contribution in [0.25, 0.3) is 11.0 Å². The van der Waals surface area contributed by atoms with Crippen molar-refractivity contribution in [2.75, 3.05) is 0 Å². The van der Waals surface area contributed by atoms with E-state index in [-0.39, 0.29) is 0 Å². The Morgan fingerprint density at radius 1 is 0.857 bits per heavy atom. The lowest BCUT2D eigenvalue weighted by Gasteiger charge is -2.19. The topological polar surface area (TPSA) is 25.8 Å². The van der Waals surface area contributed by atoms with Crippen LogP contribution in [0.5, 0.6) is 0 Å². The molecular weight excluding hydrogens is 212 g/mol. The van der Waals surface area contributed by atoms with Gasteiger partial charge in [0.25, 0.3) is 0 Å². The second-order valence-electron chi connectivity index (χ2n) is 3.18. The highest BCUT2D eigenvalue weighted by molar-refractivity contribution is 7.62. The number of hydrogen-bond donors (Lipinski definition) is 0. The highest BCUT2D eigenvalue weighted by atomic mass is 32.1. The molecule has 1 aromatic carbocycles. The van der Waals surface area contributed by atoms with E-state index in [1.165, 1.54) is 0 Å². The Balaban J connectivity index is 2.83. The second kappa shape index (κ2) is 3.29. The van der Waals surface area contributed by atoms with Gasteiger partial charge in [-0.25, -0.2) is 9.97 Å². The average molecular weight is 220 g/mol. The fraction of sp³-hybridized carbons (Fsp3) is 0.200. The van der Waals surface area contributed by atoms with Crippen molar-refractivity contribution in [3.05, 3.63) is 23.5 Å². The molecule has 0 atom stereocenters. The third-order valence-electron chi connectivity index (χ3n) is 2.14. The van der Waals surface area contributed by atoms with Crippen LogP contribution in [-0.2, 0) is 25.3 Å². The summed E-state index contributed by atoms with van der Waals surface area (Å²) in [6.45, 7) is 3.87. The first kappa shape index (κ1) is 9.55. The van der Waals surface area contributed by atoms with E-state index in [0.717, 1.165) is 22.4 Å². The predicted molar refractivity (Wildman–Crippen MR) is 60.3 cm³/mol. The summed E-state index contributed by atoms with van der Waals surface area (Å²) in [6, 6.07) is 3.62. The maximum absolute atomic E-state index is 5.08. The van der Waals surface area contributed by atoms with Gasteiger partial charge in [0.05, 0.1) is 22.4 Å². The molecule has 2 aromatic rings. The minimum Gasteiger partial charge on any atom is -0.781 e. The highest BCUT2D eigenvalue weighted by Gasteiger charge is 1.99. The summed E-state index contributed by atoms with van der Waals surface area (Å²) in [7, 11) is 0. The van der Waals surface area contributed by atoms with Gasteiger partial charge >= 0.3 is 0 Å². The molecule has 2 nitrogen and oxygen atoms in total. The number of fused-ring (bicyclic) bond motifs is 1. The van der Waals surface area contributed by atoms with Gasteiger partial charge in [0, 0.05) is 0 Å². The molecule has 0 fully saturated rings. The molecule has 0 saturated carbocycles. The third kappa shape index (κ3) is 1.51. The number of benzene rings is 1. The van der Waals surface area contributed by atoms with Crippen molar-refractivity contribution in [3.8, 4) is 0 Å². The Kier molecular flexibility index (Phi) is 2.25. The van der Waals surface area contributed by atoms with Crippen LogP contribution in [0.2, 0.25) is 0 Å². The molecule has 0 spiro atoms. The number of rotatable bonds is 0. The Morgan fingerprint density at radius 3 is 1.57 bits per heavy atom. The number of nitrogens with zero attached hydrogens (tertiary/aromatic N) is 2. The standard InChI is InChI=1S/C10H10N2S2/c1-5-6(2)12-8-4-10(14)9(13)3-7(8)11-5/h3-4,13-14H,1-2H3/p-2. The first-order valence-corrected chi connectivity index (χ1v) is 5.02. The van der Waals surface area contributed by atoms with Gasteiger partial charge in [0.1, 0.15) is 0 Å². The molecular formula is C10H8N2S2-2. The molecule has 0 saturated heterocycles. The van der Waals surface area contributed by atoms with Crippen LogP contribution in [0, 0.1) is 13.8 Å². The van der Waals surface area contributed by atoms with Crippen molar-refractivity contribution in [1.29, 1.82) is 0 Å². The molecule has 1 aromatic heterocycles. The van der Waals surface area contributed by atoms with Crippen molar-refractivity contribution >= 4 is 36.3 Å². The molecule has 0 N–H and O–H groups in total. The van der Waals surface area contributed by atoms with E-state index in [1.54, 1.807) is 0 Å². The van der Waals surface area contributed by atoms with Crippen LogP contribution >= 0.6 is 0 Å². The minimum atomic E-state index is 0.671. The summed E-state index contributed by atoms with van der Waals surface area (Å²) in [4.78, 5) is 10.1. The molecule has 0 amide bonds. The van der Waals surface area contributed by atoms with Crippen LogP contribution in [0.1, 0.15) is 11.4 Å². The lowest BCUT2D eigenvalue weighted by molar-refractivity contribution is 1.09. The molecule has 14 heavy (non-hydrogen) atoms. The van der Waals surface area contributed by atoms with Crippen molar-refractivity contribution in [2.45, 2.75) is 23.6 Å². The maximum atomic E-state index is 5.08. The van der Waals surface area contributed by atoms with Gasteiger partial charge in [0.15, 0.2) is 0 Å².